The molecule has 0 fully saturated rings. The molecule has 0 amide bonds. The van der Waals surface area contributed by atoms with Crippen molar-refractivity contribution < 1.29 is 0 Å². The first-order chi connectivity index (χ1) is 10.4. The second kappa shape index (κ2) is 4.52. The Morgan fingerprint density at radius 2 is 1.71 bits per heavy atom. The van der Waals surface area contributed by atoms with E-state index < -0.39 is 0 Å². The first-order valence-corrected chi connectivity index (χ1v) is 6.66. The number of hydrogen-bond donors (Lipinski definition) is 0. The van der Waals surface area contributed by atoms with Gasteiger partial charge in [-0.2, -0.15) is 0 Å². The lowest BCUT2D eigenvalue weighted by molar-refractivity contribution is 1.16. The summed E-state index contributed by atoms with van der Waals surface area (Å²) in [6.07, 6.45) is 1.80. The normalized spacial score (nSPS) is 11.0. The summed E-state index contributed by atoms with van der Waals surface area (Å²) in [6.45, 7) is 0. The lowest BCUT2D eigenvalue weighted by Gasteiger charge is -2.01. The molecular weight excluding hydrogens is 262 g/mol. The smallest absolute Gasteiger partial charge is 0.209 e. The maximum Gasteiger partial charge on any atom is 0.209 e. The zero-order valence-electron chi connectivity index (χ0n) is 11.1. The van der Waals surface area contributed by atoms with Crippen LogP contribution in [0.25, 0.3) is 27.7 Å². The Hall–Kier alpha value is -3.01. The number of pyridine rings is 1. The van der Waals surface area contributed by atoms with Crippen molar-refractivity contribution in [1.29, 1.82) is 0 Å². The predicted molar refractivity (Wildman–Crippen MR) is 83.6 cm³/mol. The zero-order chi connectivity index (χ0) is 14.2. The lowest BCUT2D eigenvalue weighted by Crippen LogP contribution is -1.81. The topological polar surface area (TPSA) is 46.7 Å². The molecule has 0 N–H and O–H groups in total. The van der Waals surface area contributed by atoms with Crippen LogP contribution < -0.4 is 0 Å². The molecule has 0 aliphatic heterocycles. The van der Waals surface area contributed by atoms with E-state index in [1.54, 1.807) is 10.6 Å². The van der Waals surface area contributed by atoms with Crippen LogP contribution in [0.4, 0.5) is 5.82 Å². The van der Waals surface area contributed by atoms with Crippen LogP contribution in [0.3, 0.4) is 0 Å². The standard InChI is InChI=1S/C17H11N3O/c21-19-17-16(18-15-7-3-4-10-20(15)17)14-9-8-12-5-1-2-6-13(12)11-14/h1-11H. The van der Waals surface area contributed by atoms with E-state index in [1.807, 2.05) is 54.6 Å². The summed E-state index contributed by atoms with van der Waals surface area (Å²) in [5.41, 5.74) is 2.23. The summed E-state index contributed by atoms with van der Waals surface area (Å²) < 4.78 is 1.71. The Morgan fingerprint density at radius 3 is 2.57 bits per heavy atom. The molecule has 0 spiro atoms. The fraction of sp³-hybridized carbons (Fsp3) is 0. The third-order valence-electron chi connectivity index (χ3n) is 3.61. The van der Waals surface area contributed by atoms with Crippen molar-refractivity contribution in [3.63, 3.8) is 0 Å². The number of hydrogen-bond acceptors (Lipinski definition) is 3. The van der Waals surface area contributed by atoms with E-state index in [4.69, 9.17) is 0 Å². The minimum Gasteiger partial charge on any atom is -0.281 e. The van der Waals surface area contributed by atoms with Gasteiger partial charge in [0.1, 0.15) is 11.3 Å². The molecule has 4 aromatic rings. The summed E-state index contributed by atoms with van der Waals surface area (Å²) >= 11 is 0. The SMILES string of the molecule is O=Nc1c(-c2ccc3ccccc3c2)nc2ccccn12. The minimum atomic E-state index is 0.334. The number of nitroso groups, excluding NO2 is 1. The number of fused-ring (bicyclic) bond motifs is 2. The maximum absolute atomic E-state index is 11.2. The molecule has 4 heteroatoms. The van der Waals surface area contributed by atoms with Crippen LogP contribution in [0.2, 0.25) is 0 Å². The highest BCUT2D eigenvalue weighted by atomic mass is 16.3. The van der Waals surface area contributed by atoms with Gasteiger partial charge in [0.25, 0.3) is 0 Å². The van der Waals surface area contributed by atoms with Crippen molar-refractivity contribution in [3.8, 4) is 11.3 Å². The maximum atomic E-state index is 11.2. The third kappa shape index (κ3) is 1.80. The highest BCUT2D eigenvalue weighted by Gasteiger charge is 2.14. The quantitative estimate of drug-likeness (QED) is 0.503. The van der Waals surface area contributed by atoms with Crippen LogP contribution in [0.15, 0.2) is 72.0 Å². The second-order valence-electron chi connectivity index (χ2n) is 4.87. The Balaban J connectivity index is 2.01. The Morgan fingerprint density at radius 1 is 0.905 bits per heavy atom. The summed E-state index contributed by atoms with van der Waals surface area (Å²) in [5.74, 6) is 0.334. The van der Waals surface area contributed by atoms with Gasteiger partial charge in [0.15, 0.2) is 0 Å². The number of rotatable bonds is 2. The molecule has 21 heavy (non-hydrogen) atoms. The van der Waals surface area contributed by atoms with Gasteiger partial charge < -0.3 is 0 Å². The van der Waals surface area contributed by atoms with Crippen molar-refractivity contribution >= 4 is 22.2 Å². The molecule has 2 aromatic heterocycles. The van der Waals surface area contributed by atoms with Crippen LogP contribution in [0.5, 0.6) is 0 Å². The van der Waals surface area contributed by atoms with Crippen LogP contribution in [0, 0.1) is 4.91 Å². The van der Waals surface area contributed by atoms with Gasteiger partial charge in [0.2, 0.25) is 5.82 Å². The molecular formula is C17H11N3O. The molecule has 4 nitrogen and oxygen atoms in total. The molecule has 100 valence electrons. The van der Waals surface area contributed by atoms with E-state index in [2.05, 4.69) is 16.2 Å². The van der Waals surface area contributed by atoms with Gasteiger partial charge >= 0.3 is 0 Å². The van der Waals surface area contributed by atoms with Gasteiger partial charge in [0, 0.05) is 11.8 Å². The summed E-state index contributed by atoms with van der Waals surface area (Å²) in [4.78, 5) is 15.8. The molecule has 0 saturated carbocycles. The second-order valence-corrected chi connectivity index (χ2v) is 4.87. The molecule has 0 radical (unpaired) electrons. The molecule has 0 aliphatic rings. The van der Waals surface area contributed by atoms with Gasteiger partial charge in [-0.15, -0.1) is 4.91 Å². The average Bonchev–Trinajstić information content (AvgIpc) is 2.93. The molecule has 2 heterocycles. The molecule has 0 saturated heterocycles. The van der Waals surface area contributed by atoms with Crippen molar-refractivity contribution in [1.82, 2.24) is 9.38 Å². The highest BCUT2D eigenvalue weighted by Crippen LogP contribution is 2.32. The van der Waals surface area contributed by atoms with Gasteiger partial charge in [-0.3, -0.25) is 4.40 Å². The first-order valence-electron chi connectivity index (χ1n) is 6.66. The molecule has 0 unspecified atom stereocenters. The van der Waals surface area contributed by atoms with E-state index in [0.29, 0.717) is 11.5 Å². The molecule has 0 aliphatic carbocycles. The summed E-state index contributed by atoms with van der Waals surface area (Å²) in [7, 11) is 0. The van der Waals surface area contributed by atoms with E-state index in [9.17, 15) is 4.91 Å². The lowest BCUT2D eigenvalue weighted by atomic mass is 10.1. The molecule has 2 aromatic carbocycles. The largest absolute Gasteiger partial charge is 0.281 e. The van der Waals surface area contributed by atoms with E-state index in [1.165, 1.54) is 0 Å². The van der Waals surface area contributed by atoms with Crippen LogP contribution >= 0.6 is 0 Å². The van der Waals surface area contributed by atoms with Crippen molar-refractivity contribution in [3.05, 3.63) is 71.8 Å². The van der Waals surface area contributed by atoms with Gasteiger partial charge in [-0.25, -0.2) is 4.98 Å². The van der Waals surface area contributed by atoms with Crippen LogP contribution in [0.1, 0.15) is 0 Å². The van der Waals surface area contributed by atoms with Crippen molar-refractivity contribution in [2.24, 2.45) is 5.18 Å². The van der Waals surface area contributed by atoms with E-state index in [0.717, 1.165) is 22.0 Å². The first kappa shape index (κ1) is 11.8. The number of nitrogens with zero attached hydrogens (tertiary/aromatic N) is 3. The van der Waals surface area contributed by atoms with Crippen LogP contribution in [-0.2, 0) is 0 Å². The minimum absolute atomic E-state index is 0.334. The van der Waals surface area contributed by atoms with Gasteiger partial charge in [0.05, 0.1) is 0 Å². The monoisotopic (exact) mass is 273 g/mol. The van der Waals surface area contributed by atoms with Crippen molar-refractivity contribution in [2.75, 3.05) is 0 Å². The third-order valence-corrected chi connectivity index (χ3v) is 3.61. The van der Waals surface area contributed by atoms with E-state index in [-0.39, 0.29) is 0 Å². The highest BCUT2D eigenvalue weighted by molar-refractivity contribution is 5.88. The molecule has 0 bridgehead atoms. The fourth-order valence-electron chi connectivity index (χ4n) is 2.60. The fourth-order valence-corrected chi connectivity index (χ4v) is 2.60. The van der Waals surface area contributed by atoms with Crippen molar-refractivity contribution in [2.45, 2.75) is 0 Å². The average molecular weight is 273 g/mol. The predicted octanol–water partition coefficient (Wildman–Crippen LogP) is 4.55. The zero-order valence-corrected chi connectivity index (χ0v) is 11.1. The number of benzene rings is 2. The van der Waals surface area contributed by atoms with Gasteiger partial charge in [-0.05, 0) is 34.1 Å². The summed E-state index contributed by atoms with van der Waals surface area (Å²) in [6, 6.07) is 19.7. The molecule has 0 atom stereocenters. The number of imidazole rings is 1. The number of aromatic nitrogens is 2. The van der Waals surface area contributed by atoms with E-state index >= 15 is 0 Å². The summed E-state index contributed by atoms with van der Waals surface area (Å²) in [5, 5.41) is 5.44. The Bertz CT molecular complexity index is 972. The Labute approximate surface area is 120 Å². The Kier molecular flexibility index (Phi) is 2.54. The van der Waals surface area contributed by atoms with Gasteiger partial charge in [-0.1, -0.05) is 42.5 Å². The van der Waals surface area contributed by atoms with Crippen LogP contribution in [-0.4, -0.2) is 9.38 Å². The molecule has 4 rings (SSSR count).